The smallest absolute Gasteiger partial charge is 0.244 e. The van der Waals surface area contributed by atoms with Gasteiger partial charge in [-0.2, -0.15) is 0 Å². The van der Waals surface area contributed by atoms with E-state index in [4.69, 9.17) is 0 Å². The first-order valence-corrected chi connectivity index (χ1v) is 6.93. The molecule has 1 aromatic carbocycles. The van der Waals surface area contributed by atoms with Crippen molar-refractivity contribution < 1.29 is 13.6 Å². The lowest BCUT2D eigenvalue weighted by Crippen LogP contribution is -2.46. The van der Waals surface area contributed by atoms with Gasteiger partial charge < -0.3 is 5.32 Å². The van der Waals surface area contributed by atoms with E-state index in [1.165, 1.54) is 30.7 Å². The van der Waals surface area contributed by atoms with Crippen LogP contribution in [0.15, 0.2) is 24.3 Å². The first-order valence-electron chi connectivity index (χ1n) is 6.93. The number of carbonyl (C=O) groups excluding carboxylic acids is 1. The predicted molar refractivity (Wildman–Crippen MR) is 75.0 cm³/mol. The van der Waals surface area contributed by atoms with Gasteiger partial charge in [-0.25, -0.2) is 8.78 Å². The van der Waals surface area contributed by atoms with Crippen molar-refractivity contribution in [1.29, 1.82) is 0 Å². The van der Waals surface area contributed by atoms with Gasteiger partial charge in [0.25, 0.3) is 0 Å². The van der Waals surface area contributed by atoms with Gasteiger partial charge in [-0.05, 0) is 43.5 Å². The first kappa shape index (κ1) is 14.7. The van der Waals surface area contributed by atoms with Crippen molar-refractivity contribution in [2.75, 3.05) is 0 Å². The first-order chi connectivity index (χ1) is 9.47. The van der Waals surface area contributed by atoms with Crippen LogP contribution in [0.25, 0.3) is 6.08 Å². The molecule has 0 aromatic heterocycles. The molecular weight excluding hydrogens is 260 g/mol. The lowest BCUT2D eigenvalue weighted by molar-refractivity contribution is -0.118. The molecule has 4 heteroatoms. The minimum Gasteiger partial charge on any atom is -0.347 e. The second kappa shape index (κ2) is 6.16. The van der Waals surface area contributed by atoms with Gasteiger partial charge in [0.05, 0.1) is 0 Å². The van der Waals surface area contributed by atoms with Crippen LogP contribution in [-0.4, -0.2) is 11.4 Å². The fourth-order valence-electron chi connectivity index (χ4n) is 2.64. The molecular formula is C16H19F2NO. The quantitative estimate of drug-likeness (QED) is 0.837. The van der Waals surface area contributed by atoms with Gasteiger partial charge in [0.15, 0.2) is 0 Å². The Kier molecular flexibility index (Phi) is 4.53. The van der Waals surface area contributed by atoms with Crippen molar-refractivity contribution in [3.63, 3.8) is 0 Å². The molecule has 0 bridgehead atoms. The summed E-state index contributed by atoms with van der Waals surface area (Å²) in [6, 6.07) is 3.19. The van der Waals surface area contributed by atoms with E-state index in [1.54, 1.807) is 0 Å². The molecule has 0 atom stereocenters. The molecule has 2 nitrogen and oxygen atoms in total. The molecule has 1 N–H and O–H groups in total. The summed E-state index contributed by atoms with van der Waals surface area (Å²) in [6.45, 7) is 2.04. The highest BCUT2D eigenvalue weighted by atomic mass is 19.1. The highest BCUT2D eigenvalue weighted by molar-refractivity contribution is 5.92. The van der Waals surface area contributed by atoms with Crippen LogP contribution < -0.4 is 5.32 Å². The van der Waals surface area contributed by atoms with Gasteiger partial charge in [0.1, 0.15) is 11.6 Å². The third-order valence-corrected chi connectivity index (χ3v) is 3.69. The maximum atomic E-state index is 13.0. The topological polar surface area (TPSA) is 29.1 Å². The van der Waals surface area contributed by atoms with Crippen molar-refractivity contribution in [2.24, 2.45) is 0 Å². The predicted octanol–water partition coefficient (Wildman–Crippen LogP) is 3.82. The summed E-state index contributed by atoms with van der Waals surface area (Å²) in [5, 5.41) is 2.98. The molecule has 0 radical (unpaired) electrons. The second-order valence-corrected chi connectivity index (χ2v) is 5.65. The molecule has 0 spiro atoms. The fraction of sp³-hybridized carbons (Fsp3) is 0.438. The normalized spacial score (nSPS) is 18.1. The Hall–Kier alpha value is -1.71. The number of amides is 1. The summed E-state index contributed by atoms with van der Waals surface area (Å²) in [5.41, 5.74) is 0.179. The van der Waals surface area contributed by atoms with Crippen LogP contribution in [0.3, 0.4) is 0 Å². The monoisotopic (exact) mass is 279 g/mol. The van der Waals surface area contributed by atoms with Crippen molar-refractivity contribution in [3.05, 3.63) is 41.5 Å². The summed E-state index contributed by atoms with van der Waals surface area (Å²) in [6.07, 6.45) is 8.15. The molecule has 0 unspecified atom stereocenters. The third-order valence-electron chi connectivity index (χ3n) is 3.69. The van der Waals surface area contributed by atoms with Gasteiger partial charge >= 0.3 is 0 Å². The van der Waals surface area contributed by atoms with Crippen LogP contribution in [0.1, 0.15) is 44.6 Å². The Bertz CT molecular complexity index is 499. The average Bonchev–Trinajstić information content (AvgIpc) is 2.35. The molecule has 108 valence electrons. The molecule has 1 aromatic rings. The molecule has 1 amide bonds. The largest absolute Gasteiger partial charge is 0.347 e. The van der Waals surface area contributed by atoms with Gasteiger partial charge in [-0.3, -0.25) is 4.79 Å². The number of hydrogen-bond acceptors (Lipinski definition) is 1. The maximum Gasteiger partial charge on any atom is 0.244 e. The van der Waals surface area contributed by atoms with Crippen LogP contribution >= 0.6 is 0 Å². The van der Waals surface area contributed by atoms with Crippen molar-refractivity contribution in [2.45, 2.75) is 44.6 Å². The number of rotatable bonds is 3. The Morgan fingerprint density at radius 2 is 1.75 bits per heavy atom. The van der Waals surface area contributed by atoms with Gasteiger partial charge in [0, 0.05) is 17.7 Å². The van der Waals surface area contributed by atoms with E-state index in [1.807, 2.05) is 6.92 Å². The zero-order valence-electron chi connectivity index (χ0n) is 11.6. The van der Waals surface area contributed by atoms with Crippen molar-refractivity contribution in [3.8, 4) is 0 Å². The number of benzene rings is 1. The summed E-state index contributed by atoms with van der Waals surface area (Å²) in [4.78, 5) is 11.9. The van der Waals surface area contributed by atoms with E-state index < -0.39 is 11.6 Å². The summed E-state index contributed by atoms with van der Waals surface area (Å²) in [7, 11) is 0. The standard InChI is InChI=1S/C16H19F2NO/c1-16(7-3-2-4-8-16)19-15(20)6-5-12-9-13(17)11-14(18)10-12/h5-6,9-11H,2-4,7-8H2,1H3,(H,19,20). The van der Waals surface area contributed by atoms with Crippen LogP contribution in [0, 0.1) is 11.6 Å². The number of nitrogens with one attached hydrogen (secondary N) is 1. The van der Waals surface area contributed by atoms with E-state index in [0.717, 1.165) is 31.7 Å². The lowest BCUT2D eigenvalue weighted by atomic mass is 9.83. The van der Waals surface area contributed by atoms with E-state index in [9.17, 15) is 13.6 Å². The minimum absolute atomic E-state index is 0.160. The Balaban J connectivity index is 1.98. The average molecular weight is 279 g/mol. The molecule has 0 aliphatic heterocycles. The van der Waals surface area contributed by atoms with Crippen molar-refractivity contribution in [1.82, 2.24) is 5.32 Å². The Labute approximate surface area is 117 Å². The third kappa shape index (κ3) is 4.15. The van der Waals surface area contributed by atoms with Crippen LogP contribution in [-0.2, 0) is 4.79 Å². The van der Waals surface area contributed by atoms with Crippen molar-refractivity contribution >= 4 is 12.0 Å². The summed E-state index contributed by atoms with van der Waals surface area (Å²) in [5.74, 6) is -1.52. The highest BCUT2D eigenvalue weighted by Crippen LogP contribution is 2.27. The maximum absolute atomic E-state index is 13.0. The Morgan fingerprint density at radius 1 is 1.15 bits per heavy atom. The van der Waals surface area contributed by atoms with Gasteiger partial charge in [-0.1, -0.05) is 19.3 Å². The molecule has 0 heterocycles. The van der Waals surface area contributed by atoms with Crippen LogP contribution in [0.2, 0.25) is 0 Å². The number of halogens is 2. The molecule has 0 saturated heterocycles. The summed E-state index contributed by atoms with van der Waals surface area (Å²) >= 11 is 0. The highest BCUT2D eigenvalue weighted by Gasteiger charge is 2.27. The molecule has 1 aliphatic rings. The fourth-order valence-corrected chi connectivity index (χ4v) is 2.64. The molecule has 1 saturated carbocycles. The summed E-state index contributed by atoms with van der Waals surface area (Å²) < 4.78 is 26.0. The van der Waals surface area contributed by atoms with E-state index in [-0.39, 0.29) is 11.4 Å². The van der Waals surface area contributed by atoms with Crippen LogP contribution in [0.4, 0.5) is 8.78 Å². The number of carbonyl (C=O) groups is 1. The van der Waals surface area contributed by atoms with E-state index in [2.05, 4.69) is 5.32 Å². The minimum atomic E-state index is -0.649. The van der Waals surface area contributed by atoms with E-state index >= 15 is 0 Å². The second-order valence-electron chi connectivity index (χ2n) is 5.65. The van der Waals surface area contributed by atoms with Crippen LogP contribution in [0.5, 0.6) is 0 Å². The Morgan fingerprint density at radius 3 is 2.35 bits per heavy atom. The SMILES string of the molecule is CC1(NC(=O)C=Cc2cc(F)cc(F)c2)CCCCC1. The zero-order valence-corrected chi connectivity index (χ0v) is 11.6. The number of hydrogen-bond donors (Lipinski definition) is 1. The van der Waals surface area contributed by atoms with E-state index in [0.29, 0.717) is 5.56 Å². The molecule has 2 rings (SSSR count). The van der Waals surface area contributed by atoms with Gasteiger partial charge in [0.2, 0.25) is 5.91 Å². The molecule has 20 heavy (non-hydrogen) atoms. The molecule has 1 fully saturated rings. The molecule has 1 aliphatic carbocycles. The zero-order chi connectivity index (χ0) is 14.6. The lowest BCUT2D eigenvalue weighted by Gasteiger charge is -2.34. The van der Waals surface area contributed by atoms with Gasteiger partial charge in [-0.15, -0.1) is 0 Å².